The largest absolute Gasteiger partial charge is 0.463 e. The third-order valence-corrected chi connectivity index (χ3v) is 2.47. The van der Waals surface area contributed by atoms with Gasteiger partial charge in [-0.3, -0.25) is 4.79 Å². The Bertz CT molecular complexity index is 276. The summed E-state index contributed by atoms with van der Waals surface area (Å²) in [6, 6.07) is 0. The molecule has 0 aromatic rings. The Kier molecular flexibility index (Phi) is 3.70. The highest BCUT2D eigenvalue weighted by Crippen LogP contribution is 2.26. The second kappa shape index (κ2) is 4.47. The van der Waals surface area contributed by atoms with Gasteiger partial charge in [-0.15, -0.1) is 11.6 Å². The average Bonchev–Trinajstić information content (AvgIpc) is 2.55. The number of alkyl halides is 1. The van der Waals surface area contributed by atoms with Crippen LogP contribution in [0.1, 0.15) is 13.8 Å². The van der Waals surface area contributed by atoms with Crippen molar-refractivity contribution < 1.29 is 23.8 Å². The summed E-state index contributed by atoms with van der Waals surface area (Å²) in [5.41, 5.74) is 0. The van der Waals surface area contributed by atoms with Crippen LogP contribution in [-0.4, -0.2) is 42.7 Å². The highest BCUT2D eigenvalue weighted by atomic mass is 35.5. The molecule has 0 aromatic heterocycles. The third-order valence-electron chi connectivity index (χ3n) is 1.99. The molecule has 1 saturated heterocycles. The topological polar surface area (TPSA) is 61.8 Å². The summed E-state index contributed by atoms with van der Waals surface area (Å²) < 4.78 is 14.8. The molecule has 0 radical (unpaired) electrons. The summed E-state index contributed by atoms with van der Waals surface area (Å²) >= 11 is 5.78. The van der Waals surface area contributed by atoms with Gasteiger partial charge < -0.3 is 14.2 Å². The zero-order valence-electron chi connectivity index (χ0n) is 8.78. The number of hydrogen-bond acceptors (Lipinski definition) is 5. The molecule has 15 heavy (non-hydrogen) atoms. The number of ketones is 1. The minimum atomic E-state index is -1.07. The highest BCUT2D eigenvalue weighted by molar-refractivity contribution is 6.48. The van der Waals surface area contributed by atoms with E-state index < -0.39 is 29.0 Å². The van der Waals surface area contributed by atoms with Crippen LogP contribution >= 0.6 is 11.6 Å². The maximum Gasteiger partial charge on any atom is 0.376 e. The molecule has 5 nitrogen and oxygen atoms in total. The van der Waals surface area contributed by atoms with E-state index in [0.717, 1.165) is 7.11 Å². The Hall–Kier alpha value is -0.650. The lowest BCUT2D eigenvalue weighted by atomic mass is 10.2. The van der Waals surface area contributed by atoms with Crippen LogP contribution in [0.25, 0.3) is 0 Å². The van der Waals surface area contributed by atoms with Crippen LogP contribution in [0.15, 0.2) is 0 Å². The van der Waals surface area contributed by atoms with Crippen LogP contribution in [0.2, 0.25) is 0 Å². The molecule has 0 bridgehead atoms. The molecule has 6 heteroatoms. The predicted molar refractivity (Wildman–Crippen MR) is 51.6 cm³/mol. The number of methoxy groups -OCH3 is 1. The van der Waals surface area contributed by atoms with Crippen molar-refractivity contribution in [3.05, 3.63) is 0 Å². The van der Waals surface area contributed by atoms with E-state index in [9.17, 15) is 9.59 Å². The Balaban J connectivity index is 2.59. The number of rotatable bonds is 3. The monoisotopic (exact) mass is 236 g/mol. The lowest BCUT2D eigenvalue weighted by Crippen LogP contribution is -2.37. The first-order valence-corrected chi connectivity index (χ1v) is 4.89. The number of esters is 1. The zero-order valence-corrected chi connectivity index (χ0v) is 9.54. The molecule has 1 heterocycles. The zero-order chi connectivity index (χ0) is 11.6. The molecule has 0 spiro atoms. The summed E-state index contributed by atoms with van der Waals surface area (Å²) in [5.74, 6) is -2.55. The molecule has 1 fully saturated rings. The Morgan fingerprint density at radius 1 is 1.53 bits per heavy atom. The SMILES string of the molecule is COC(=O)C(=O)C(Cl)C1COC(C)(C)O1. The first kappa shape index (κ1) is 12.4. The predicted octanol–water partition coefficient (Wildman–Crippen LogP) is 0.487. The maximum atomic E-state index is 11.3. The standard InChI is InChI=1S/C9H13ClO5/c1-9(2)14-4-5(15-9)6(10)7(11)8(12)13-3/h5-6H,4H2,1-3H3. The normalized spacial score (nSPS) is 26.0. The first-order chi connectivity index (χ1) is 6.87. The van der Waals surface area contributed by atoms with Gasteiger partial charge in [0.25, 0.3) is 5.78 Å². The molecule has 1 rings (SSSR count). The van der Waals surface area contributed by atoms with Crippen molar-refractivity contribution >= 4 is 23.4 Å². The fourth-order valence-electron chi connectivity index (χ4n) is 1.24. The molecule has 1 aliphatic heterocycles. The van der Waals surface area contributed by atoms with E-state index in [-0.39, 0.29) is 6.61 Å². The number of hydrogen-bond donors (Lipinski definition) is 0. The fourth-order valence-corrected chi connectivity index (χ4v) is 1.45. The van der Waals surface area contributed by atoms with Crippen molar-refractivity contribution in [1.82, 2.24) is 0 Å². The second-order valence-electron chi connectivity index (χ2n) is 3.62. The smallest absolute Gasteiger partial charge is 0.376 e. The average molecular weight is 237 g/mol. The molecular weight excluding hydrogens is 224 g/mol. The molecule has 0 amide bonds. The van der Waals surface area contributed by atoms with Crippen LogP contribution in [-0.2, 0) is 23.8 Å². The first-order valence-electron chi connectivity index (χ1n) is 4.45. The second-order valence-corrected chi connectivity index (χ2v) is 4.09. The maximum absolute atomic E-state index is 11.3. The molecule has 0 aliphatic carbocycles. The van der Waals surface area contributed by atoms with Gasteiger partial charge in [0.15, 0.2) is 5.79 Å². The van der Waals surface area contributed by atoms with Crippen LogP contribution in [0.3, 0.4) is 0 Å². The number of carbonyl (C=O) groups is 2. The molecule has 2 unspecified atom stereocenters. The summed E-state index contributed by atoms with van der Waals surface area (Å²) in [5, 5.41) is -1.07. The minimum Gasteiger partial charge on any atom is -0.463 e. The van der Waals surface area contributed by atoms with Crippen LogP contribution in [0.4, 0.5) is 0 Å². The third kappa shape index (κ3) is 2.90. The van der Waals surface area contributed by atoms with Crippen LogP contribution in [0.5, 0.6) is 0 Å². The van der Waals surface area contributed by atoms with Gasteiger partial charge in [-0.05, 0) is 13.8 Å². The summed E-state index contributed by atoms with van der Waals surface area (Å²) in [7, 11) is 1.12. The van der Waals surface area contributed by atoms with Gasteiger partial charge in [0.05, 0.1) is 13.7 Å². The molecular formula is C9H13ClO5. The van der Waals surface area contributed by atoms with Gasteiger partial charge in [-0.2, -0.15) is 0 Å². The van der Waals surface area contributed by atoms with Crippen molar-refractivity contribution in [3.63, 3.8) is 0 Å². The molecule has 0 aromatic carbocycles. The van der Waals surface area contributed by atoms with Crippen molar-refractivity contribution in [3.8, 4) is 0 Å². The minimum absolute atomic E-state index is 0.184. The van der Waals surface area contributed by atoms with Gasteiger partial charge in [0.2, 0.25) is 0 Å². The van der Waals surface area contributed by atoms with Crippen LogP contribution in [0, 0.1) is 0 Å². The van der Waals surface area contributed by atoms with E-state index in [1.54, 1.807) is 13.8 Å². The van der Waals surface area contributed by atoms with E-state index >= 15 is 0 Å². The Morgan fingerprint density at radius 3 is 2.53 bits per heavy atom. The van der Waals surface area contributed by atoms with Gasteiger partial charge in [0, 0.05) is 0 Å². The van der Waals surface area contributed by atoms with Crippen molar-refractivity contribution in [1.29, 1.82) is 0 Å². The Labute approximate surface area is 92.6 Å². The van der Waals surface area contributed by atoms with E-state index in [4.69, 9.17) is 21.1 Å². The Morgan fingerprint density at radius 2 is 2.13 bits per heavy atom. The van der Waals surface area contributed by atoms with Crippen molar-refractivity contribution in [2.75, 3.05) is 13.7 Å². The summed E-state index contributed by atoms with van der Waals surface area (Å²) in [6.07, 6.45) is -0.617. The van der Waals surface area contributed by atoms with E-state index in [1.165, 1.54) is 0 Å². The fraction of sp³-hybridized carbons (Fsp3) is 0.778. The molecule has 0 saturated carbocycles. The lowest BCUT2D eigenvalue weighted by molar-refractivity contribution is -0.155. The van der Waals surface area contributed by atoms with Crippen molar-refractivity contribution in [2.24, 2.45) is 0 Å². The van der Waals surface area contributed by atoms with Crippen molar-refractivity contribution in [2.45, 2.75) is 31.1 Å². The van der Waals surface area contributed by atoms with Gasteiger partial charge >= 0.3 is 5.97 Å². The molecule has 2 atom stereocenters. The number of Topliss-reactive ketones (excluding diaryl/α,β-unsaturated/α-hetero) is 1. The highest BCUT2D eigenvalue weighted by Gasteiger charge is 2.41. The van der Waals surface area contributed by atoms with Gasteiger partial charge in [-0.1, -0.05) is 0 Å². The molecule has 86 valence electrons. The molecule has 1 aliphatic rings. The summed E-state index contributed by atoms with van der Waals surface area (Å²) in [6.45, 7) is 3.60. The quantitative estimate of drug-likeness (QED) is 0.405. The van der Waals surface area contributed by atoms with E-state index in [2.05, 4.69) is 4.74 Å². The lowest BCUT2D eigenvalue weighted by Gasteiger charge is -2.18. The van der Waals surface area contributed by atoms with Gasteiger partial charge in [-0.25, -0.2) is 4.79 Å². The van der Waals surface area contributed by atoms with Gasteiger partial charge in [0.1, 0.15) is 11.5 Å². The number of halogens is 1. The summed E-state index contributed by atoms with van der Waals surface area (Å²) in [4.78, 5) is 22.2. The van der Waals surface area contributed by atoms with E-state index in [0.29, 0.717) is 0 Å². The van der Waals surface area contributed by atoms with E-state index in [1.807, 2.05) is 0 Å². The molecule has 0 N–H and O–H groups in total. The number of ether oxygens (including phenoxy) is 3. The number of carbonyl (C=O) groups excluding carboxylic acids is 2. The van der Waals surface area contributed by atoms with Crippen LogP contribution < -0.4 is 0 Å².